The van der Waals surface area contributed by atoms with Crippen molar-refractivity contribution in [1.82, 2.24) is 20.2 Å². The van der Waals surface area contributed by atoms with Gasteiger partial charge in [0.2, 0.25) is 11.8 Å². The third kappa shape index (κ3) is 6.03. The SMILES string of the molecule is CC(C)C[C@H](NC(=O)Cn1c(=O)[nH]c2ccccc2c1=O)C(=O)N[C@@H](C(=O)O)C(C)C. The summed E-state index contributed by atoms with van der Waals surface area (Å²) in [4.78, 5) is 64.0. The number of benzene rings is 1. The Morgan fingerprint density at radius 2 is 1.71 bits per heavy atom. The summed E-state index contributed by atoms with van der Waals surface area (Å²) in [6, 6.07) is 4.32. The maximum Gasteiger partial charge on any atom is 0.329 e. The van der Waals surface area contributed by atoms with E-state index in [1.807, 2.05) is 13.8 Å². The van der Waals surface area contributed by atoms with Gasteiger partial charge >= 0.3 is 11.7 Å². The first-order chi connectivity index (χ1) is 14.5. The summed E-state index contributed by atoms with van der Waals surface area (Å²) in [7, 11) is 0. The van der Waals surface area contributed by atoms with Crippen molar-refractivity contribution in [1.29, 1.82) is 0 Å². The Hall–Kier alpha value is -3.43. The summed E-state index contributed by atoms with van der Waals surface area (Å²) in [5.74, 6) is -2.85. The lowest BCUT2D eigenvalue weighted by Crippen LogP contribution is -2.54. The number of nitrogens with zero attached hydrogens (tertiary/aromatic N) is 1. The second-order valence-electron chi connectivity index (χ2n) is 8.19. The summed E-state index contributed by atoms with van der Waals surface area (Å²) in [6.45, 7) is 6.44. The van der Waals surface area contributed by atoms with Crippen molar-refractivity contribution in [2.75, 3.05) is 0 Å². The molecule has 2 aromatic rings. The molecule has 2 rings (SSSR count). The van der Waals surface area contributed by atoms with Crippen LogP contribution < -0.4 is 21.9 Å². The van der Waals surface area contributed by atoms with E-state index in [0.29, 0.717) is 5.52 Å². The molecule has 0 saturated heterocycles. The van der Waals surface area contributed by atoms with E-state index >= 15 is 0 Å². The van der Waals surface area contributed by atoms with Crippen molar-refractivity contribution in [2.45, 2.75) is 52.7 Å². The molecule has 10 nitrogen and oxygen atoms in total. The predicted octanol–water partition coefficient (Wildman–Crippen LogP) is 0.446. The van der Waals surface area contributed by atoms with Crippen LogP contribution in [0.25, 0.3) is 10.9 Å². The van der Waals surface area contributed by atoms with Crippen molar-refractivity contribution in [3.05, 3.63) is 45.1 Å². The van der Waals surface area contributed by atoms with Crippen LogP contribution in [0.1, 0.15) is 34.1 Å². The highest BCUT2D eigenvalue weighted by Crippen LogP contribution is 2.08. The molecule has 2 amide bonds. The van der Waals surface area contributed by atoms with Gasteiger partial charge in [-0.1, -0.05) is 39.8 Å². The highest BCUT2D eigenvalue weighted by molar-refractivity contribution is 5.90. The van der Waals surface area contributed by atoms with Gasteiger partial charge in [-0.15, -0.1) is 0 Å². The van der Waals surface area contributed by atoms with Crippen molar-refractivity contribution in [3.63, 3.8) is 0 Å². The molecular weight excluding hydrogens is 404 g/mol. The number of amides is 2. The lowest BCUT2D eigenvalue weighted by molar-refractivity contribution is -0.143. The number of aliphatic carboxylic acids is 1. The number of H-pyrrole nitrogens is 1. The van der Waals surface area contributed by atoms with Gasteiger partial charge in [0, 0.05) is 0 Å². The highest BCUT2D eigenvalue weighted by atomic mass is 16.4. The fourth-order valence-corrected chi connectivity index (χ4v) is 3.20. The van der Waals surface area contributed by atoms with Crippen LogP contribution in [0.15, 0.2) is 33.9 Å². The molecule has 0 saturated carbocycles. The Morgan fingerprint density at radius 1 is 1.06 bits per heavy atom. The molecule has 1 aromatic carbocycles. The Kier molecular flexibility index (Phi) is 7.73. The normalized spacial score (nSPS) is 13.2. The second kappa shape index (κ2) is 10.1. The molecule has 1 heterocycles. The third-order valence-corrected chi connectivity index (χ3v) is 4.78. The molecule has 31 heavy (non-hydrogen) atoms. The van der Waals surface area contributed by atoms with Gasteiger partial charge in [0.15, 0.2) is 0 Å². The summed E-state index contributed by atoms with van der Waals surface area (Å²) in [5.41, 5.74) is -1.00. The zero-order valence-electron chi connectivity index (χ0n) is 18.0. The summed E-state index contributed by atoms with van der Waals surface area (Å²) in [6.07, 6.45) is 0.255. The number of hydrogen-bond acceptors (Lipinski definition) is 5. The summed E-state index contributed by atoms with van der Waals surface area (Å²) >= 11 is 0. The number of para-hydroxylation sites is 1. The van der Waals surface area contributed by atoms with Crippen LogP contribution in [0.3, 0.4) is 0 Å². The average molecular weight is 432 g/mol. The van der Waals surface area contributed by atoms with Gasteiger partial charge in [0.25, 0.3) is 5.56 Å². The second-order valence-corrected chi connectivity index (χ2v) is 8.19. The molecule has 168 valence electrons. The topological polar surface area (TPSA) is 150 Å². The van der Waals surface area contributed by atoms with Crippen LogP contribution in [0.2, 0.25) is 0 Å². The fraction of sp³-hybridized carbons (Fsp3) is 0.476. The van der Waals surface area contributed by atoms with E-state index in [1.54, 1.807) is 32.0 Å². The molecule has 0 aliphatic heterocycles. The van der Waals surface area contributed by atoms with Crippen LogP contribution in [-0.2, 0) is 20.9 Å². The molecule has 0 fully saturated rings. The zero-order valence-corrected chi connectivity index (χ0v) is 18.0. The minimum Gasteiger partial charge on any atom is -0.480 e. The predicted molar refractivity (Wildman–Crippen MR) is 115 cm³/mol. The number of rotatable bonds is 9. The Balaban J connectivity index is 2.22. The molecule has 1 aromatic heterocycles. The van der Waals surface area contributed by atoms with E-state index in [1.165, 1.54) is 6.07 Å². The smallest absolute Gasteiger partial charge is 0.329 e. The number of hydrogen-bond donors (Lipinski definition) is 4. The maximum absolute atomic E-state index is 12.7. The largest absolute Gasteiger partial charge is 0.480 e. The van der Waals surface area contributed by atoms with E-state index in [4.69, 9.17) is 0 Å². The fourth-order valence-electron chi connectivity index (χ4n) is 3.20. The van der Waals surface area contributed by atoms with Gasteiger partial charge in [0.1, 0.15) is 18.6 Å². The van der Waals surface area contributed by atoms with Gasteiger partial charge in [-0.2, -0.15) is 0 Å². The minimum absolute atomic E-state index is 0.0187. The molecular formula is C21H28N4O6. The Bertz CT molecular complexity index is 1090. The number of aromatic amines is 1. The van der Waals surface area contributed by atoms with Gasteiger partial charge in [-0.05, 0) is 30.4 Å². The lowest BCUT2D eigenvalue weighted by atomic mass is 10.0. The molecule has 0 unspecified atom stereocenters. The number of carboxylic acid groups (broad SMARTS) is 1. The average Bonchev–Trinajstić information content (AvgIpc) is 2.67. The molecule has 4 N–H and O–H groups in total. The number of aromatic nitrogens is 2. The van der Waals surface area contributed by atoms with Crippen LogP contribution in [0, 0.1) is 11.8 Å². The number of nitrogens with one attached hydrogen (secondary N) is 3. The molecule has 0 radical (unpaired) electrons. The molecule has 0 spiro atoms. The minimum atomic E-state index is -1.17. The van der Waals surface area contributed by atoms with Crippen molar-refractivity contribution >= 4 is 28.7 Å². The molecule has 0 bridgehead atoms. The number of fused-ring (bicyclic) bond motifs is 1. The third-order valence-electron chi connectivity index (χ3n) is 4.78. The highest BCUT2D eigenvalue weighted by Gasteiger charge is 2.29. The van der Waals surface area contributed by atoms with E-state index in [0.717, 1.165) is 4.57 Å². The van der Waals surface area contributed by atoms with E-state index < -0.39 is 47.7 Å². The zero-order chi connectivity index (χ0) is 23.3. The van der Waals surface area contributed by atoms with Crippen molar-refractivity contribution in [2.24, 2.45) is 11.8 Å². The first kappa shape index (κ1) is 23.8. The number of carboxylic acids is 1. The molecule has 10 heteroatoms. The number of carbonyl (C=O) groups excluding carboxylic acids is 2. The molecule has 0 aliphatic rings. The monoisotopic (exact) mass is 432 g/mol. The van der Waals surface area contributed by atoms with E-state index in [9.17, 15) is 29.1 Å². The van der Waals surface area contributed by atoms with Gasteiger partial charge in [-0.25, -0.2) is 9.59 Å². The molecule has 0 aliphatic carbocycles. The lowest BCUT2D eigenvalue weighted by Gasteiger charge is -2.24. The Labute approximate surface area is 178 Å². The van der Waals surface area contributed by atoms with Crippen molar-refractivity contribution in [3.8, 4) is 0 Å². The van der Waals surface area contributed by atoms with Gasteiger partial charge in [-0.3, -0.25) is 19.0 Å². The first-order valence-corrected chi connectivity index (χ1v) is 10.1. The van der Waals surface area contributed by atoms with Gasteiger partial charge in [0.05, 0.1) is 10.9 Å². The summed E-state index contributed by atoms with van der Waals surface area (Å²) < 4.78 is 0.760. The molecule has 2 atom stereocenters. The van der Waals surface area contributed by atoms with Crippen LogP contribution in [0.4, 0.5) is 0 Å². The number of carbonyl (C=O) groups is 3. The van der Waals surface area contributed by atoms with Gasteiger partial charge < -0.3 is 20.7 Å². The van der Waals surface area contributed by atoms with Crippen LogP contribution in [-0.4, -0.2) is 44.5 Å². The standard InChI is InChI=1S/C21H28N4O6/c1-11(2)9-15(18(27)24-17(12(3)4)20(29)30)22-16(26)10-25-19(28)13-7-5-6-8-14(13)23-21(25)31/h5-8,11-12,15,17H,9-10H2,1-4H3,(H,22,26)(H,23,31)(H,24,27)(H,29,30)/t15-,17+/m0/s1. The Morgan fingerprint density at radius 3 is 2.29 bits per heavy atom. The van der Waals surface area contributed by atoms with E-state index in [-0.39, 0.29) is 23.6 Å². The van der Waals surface area contributed by atoms with E-state index in [2.05, 4.69) is 15.6 Å². The quantitative estimate of drug-likeness (QED) is 0.452. The summed E-state index contributed by atoms with van der Waals surface area (Å²) in [5, 5.41) is 14.5. The first-order valence-electron chi connectivity index (χ1n) is 10.1. The maximum atomic E-state index is 12.7. The van der Waals surface area contributed by atoms with Crippen molar-refractivity contribution < 1.29 is 19.5 Å². The van der Waals surface area contributed by atoms with Crippen LogP contribution in [0.5, 0.6) is 0 Å². The van der Waals surface area contributed by atoms with Crippen LogP contribution >= 0.6 is 0 Å².